The molecule has 18 heavy (non-hydrogen) atoms. The van der Waals surface area contributed by atoms with Gasteiger partial charge in [0, 0.05) is 12.1 Å². The molecule has 1 saturated heterocycles. The van der Waals surface area contributed by atoms with E-state index >= 15 is 0 Å². The first kappa shape index (κ1) is 14.3. The molecule has 0 aromatic carbocycles. The van der Waals surface area contributed by atoms with Gasteiger partial charge in [-0.05, 0) is 57.7 Å². The number of hydrogen-bond donors (Lipinski definition) is 1. The van der Waals surface area contributed by atoms with E-state index < -0.39 is 0 Å². The highest BCUT2D eigenvalue weighted by molar-refractivity contribution is 4.86. The van der Waals surface area contributed by atoms with Crippen molar-refractivity contribution in [1.82, 2.24) is 10.2 Å². The maximum Gasteiger partial charge on any atom is 0.0122 e. The summed E-state index contributed by atoms with van der Waals surface area (Å²) in [4.78, 5) is 2.89. The van der Waals surface area contributed by atoms with E-state index in [-0.39, 0.29) is 0 Å². The molecule has 0 bridgehead atoms. The molecule has 2 rings (SSSR count). The van der Waals surface area contributed by atoms with Crippen molar-refractivity contribution in [2.24, 2.45) is 5.92 Å². The van der Waals surface area contributed by atoms with E-state index in [2.05, 4.69) is 24.1 Å². The molecular formula is C16H32N2. The third kappa shape index (κ3) is 3.71. The molecule has 1 saturated carbocycles. The maximum atomic E-state index is 3.51. The second kappa shape index (κ2) is 7.49. The molecule has 2 aliphatic rings. The molecule has 2 fully saturated rings. The van der Waals surface area contributed by atoms with Crippen LogP contribution < -0.4 is 5.32 Å². The molecular weight excluding hydrogens is 220 g/mol. The molecule has 2 atom stereocenters. The van der Waals surface area contributed by atoms with Crippen LogP contribution in [-0.4, -0.2) is 36.6 Å². The van der Waals surface area contributed by atoms with Crippen LogP contribution >= 0.6 is 0 Å². The summed E-state index contributed by atoms with van der Waals surface area (Å²) in [6.45, 7) is 8.51. The number of nitrogens with one attached hydrogen (secondary N) is 1. The maximum absolute atomic E-state index is 3.51. The van der Waals surface area contributed by atoms with Crippen LogP contribution in [0.5, 0.6) is 0 Å². The van der Waals surface area contributed by atoms with Crippen molar-refractivity contribution in [2.45, 2.75) is 77.3 Å². The van der Waals surface area contributed by atoms with Gasteiger partial charge in [-0.15, -0.1) is 0 Å². The van der Waals surface area contributed by atoms with E-state index in [0.717, 1.165) is 18.0 Å². The SMILES string of the molecule is CCCN(C1CCNCC1)C1CCCC(CC)C1. The van der Waals surface area contributed by atoms with Crippen molar-refractivity contribution in [2.75, 3.05) is 19.6 Å². The van der Waals surface area contributed by atoms with Gasteiger partial charge in [0.05, 0.1) is 0 Å². The zero-order valence-electron chi connectivity index (χ0n) is 12.5. The average molecular weight is 252 g/mol. The fourth-order valence-electron chi connectivity index (χ4n) is 3.99. The summed E-state index contributed by atoms with van der Waals surface area (Å²) in [6, 6.07) is 1.76. The van der Waals surface area contributed by atoms with Gasteiger partial charge in [0.2, 0.25) is 0 Å². The molecule has 0 spiro atoms. The van der Waals surface area contributed by atoms with Crippen LogP contribution in [0.4, 0.5) is 0 Å². The number of rotatable bonds is 5. The summed E-state index contributed by atoms with van der Waals surface area (Å²) in [5, 5.41) is 3.51. The third-order valence-electron chi connectivity index (χ3n) is 5.06. The summed E-state index contributed by atoms with van der Waals surface area (Å²) in [7, 11) is 0. The van der Waals surface area contributed by atoms with Crippen molar-refractivity contribution in [3.8, 4) is 0 Å². The minimum absolute atomic E-state index is 0.867. The van der Waals surface area contributed by atoms with Gasteiger partial charge in [-0.3, -0.25) is 4.90 Å². The highest BCUT2D eigenvalue weighted by Gasteiger charge is 2.30. The predicted octanol–water partition coefficient (Wildman–Crippen LogP) is 3.42. The molecule has 106 valence electrons. The topological polar surface area (TPSA) is 15.3 Å². The average Bonchev–Trinajstić information content (AvgIpc) is 2.46. The zero-order chi connectivity index (χ0) is 12.8. The standard InChI is InChI=1S/C16H32N2/c1-3-12-18(15-8-10-17-11-9-15)16-7-5-6-14(4-2)13-16/h14-17H,3-13H2,1-2H3. The minimum atomic E-state index is 0.867. The molecule has 2 nitrogen and oxygen atoms in total. The molecule has 0 amide bonds. The van der Waals surface area contributed by atoms with Crippen LogP contribution in [0.3, 0.4) is 0 Å². The lowest BCUT2D eigenvalue weighted by Gasteiger charge is -2.43. The van der Waals surface area contributed by atoms with Gasteiger partial charge >= 0.3 is 0 Å². The van der Waals surface area contributed by atoms with E-state index in [1.807, 2.05) is 0 Å². The first-order valence-corrected chi connectivity index (χ1v) is 8.31. The minimum Gasteiger partial charge on any atom is -0.317 e. The quantitative estimate of drug-likeness (QED) is 0.806. The molecule has 0 aromatic heterocycles. The van der Waals surface area contributed by atoms with Crippen LogP contribution in [0.2, 0.25) is 0 Å². The first-order chi connectivity index (χ1) is 8.85. The van der Waals surface area contributed by atoms with Crippen molar-refractivity contribution in [1.29, 1.82) is 0 Å². The van der Waals surface area contributed by atoms with Gasteiger partial charge in [-0.25, -0.2) is 0 Å². The predicted molar refractivity (Wildman–Crippen MR) is 78.9 cm³/mol. The van der Waals surface area contributed by atoms with Crippen molar-refractivity contribution >= 4 is 0 Å². The van der Waals surface area contributed by atoms with Gasteiger partial charge in [-0.1, -0.05) is 33.1 Å². The number of piperidine rings is 1. The Bertz CT molecular complexity index is 223. The van der Waals surface area contributed by atoms with Gasteiger partial charge in [0.25, 0.3) is 0 Å². The Balaban J connectivity index is 1.94. The third-order valence-corrected chi connectivity index (χ3v) is 5.06. The van der Waals surface area contributed by atoms with E-state index in [9.17, 15) is 0 Å². The lowest BCUT2D eigenvalue weighted by molar-refractivity contribution is 0.0686. The van der Waals surface area contributed by atoms with Crippen LogP contribution in [-0.2, 0) is 0 Å². The molecule has 1 N–H and O–H groups in total. The highest BCUT2D eigenvalue weighted by atomic mass is 15.2. The monoisotopic (exact) mass is 252 g/mol. The summed E-state index contributed by atoms with van der Waals surface area (Å²) >= 11 is 0. The highest BCUT2D eigenvalue weighted by Crippen LogP contribution is 2.32. The Morgan fingerprint density at radius 3 is 2.44 bits per heavy atom. The Morgan fingerprint density at radius 1 is 1.00 bits per heavy atom. The Labute approximate surface area is 114 Å². The van der Waals surface area contributed by atoms with Gasteiger partial charge in [-0.2, -0.15) is 0 Å². The van der Waals surface area contributed by atoms with Gasteiger partial charge in [0.1, 0.15) is 0 Å². The van der Waals surface area contributed by atoms with Crippen molar-refractivity contribution < 1.29 is 0 Å². The van der Waals surface area contributed by atoms with Crippen molar-refractivity contribution in [3.05, 3.63) is 0 Å². The Hall–Kier alpha value is -0.0800. The molecule has 1 aliphatic heterocycles. The lowest BCUT2D eigenvalue weighted by Crippen LogP contribution is -2.49. The summed E-state index contributed by atoms with van der Waals surface area (Å²) in [5.74, 6) is 1.00. The Morgan fingerprint density at radius 2 is 1.78 bits per heavy atom. The smallest absolute Gasteiger partial charge is 0.0122 e. The summed E-state index contributed by atoms with van der Waals surface area (Å²) in [5.41, 5.74) is 0. The fraction of sp³-hybridized carbons (Fsp3) is 1.00. The largest absolute Gasteiger partial charge is 0.317 e. The van der Waals surface area contributed by atoms with Crippen LogP contribution in [0.25, 0.3) is 0 Å². The summed E-state index contributed by atoms with van der Waals surface area (Å²) in [6.07, 6.45) is 11.3. The normalized spacial score (nSPS) is 30.8. The fourth-order valence-corrected chi connectivity index (χ4v) is 3.99. The Kier molecular flexibility index (Phi) is 5.97. The van der Waals surface area contributed by atoms with E-state index in [0.29, 0.717) is 0 Å². The number of nitrogens with zero attached hydrogens (tertiary/aromatic N) is 1. The van der Waals surface area contributed by atoms with E-state index in [1.54, 1.807) is 0 Å². The molecule has 0 aromatic rings. The zero-order valence-corrected chi connectivity index (χ0v) is 12.5. The van der Waals surface area contributed by atoms with Crippen LogP contribution in [0.15, 0.2) is 0 Å². The second-order valence-electron chi connectivity index (χ2n) is 6.31. The van der Waals surface area contributed by atoms with Crippen LogP contribution in [0, 0.1) is 5.92 Å². The lowest BCUT2D eigenvalue weighted by atomic mass is 9.82. The molecule has 1 aliphatic carbocycles. The van der Waals surface area contributed by atoms with Gasteiger partial charge < -0.3 is 5.32 Å². The first-order valence-electron chi connectivity index (χ1n) is 8.31. The second-order valence-corrected chi connectivity index (χ2v) is 6.31. The van der Waals surface area contributed by atoms with Crippen molar-refractivity contribution in [3.63, 3.8) is 0 Å². The number of hydrogen-bond acceptors (Lipinski definition) is 2. The summed E-state index contributed by atoms with van der Waals surface area (Å²) < 4.78 is 0. The van der Waals surface area contributed by atoms with E-state index in [1.165, 1.54) is 71.0 Å². The van der Waals surface area contributed by atoms with Crippen LogP contribution in [0.1, 0.15) is 65.2 Å². The van der Waals surface area contributed by atoms with Gasteiger partial charge in [0.15, 0.2) is 0 Å². The molecule has 1 heterocycles. The molecule has 2 unspecified atom stereocenters. The molecule has 0 radical (unpaired) electrons. The van der Waals surface area contributed by atoms with E-state index in [4.69, 9.17) is 0 Å². The molecule has 2 heteroatoms.